The molecule has 0 unspecified atom stereocenters. The molecule has 0 aliphatic heterocycles. The molecule has 0 aromatic heterocycles. The first-order valence-electron chi connectivity index (χ1n) is 7.67. The Morgan fingerprint density at radius 2 is 1.96 bits per heavy atom. The number of benzene rings is 1. The number of allylic oxidation sites excluding steroid dienone is 3. The van der Waals surface area contributed by atoms with Gasteiger partial charge in [0.05, 0.1) is 6.61 Å². The molecule has 4 nitrogen and oxygen atoms in total. The topological polar surface area (TPSA) is 47.9 Å². The summed E-state index contributed by atoms with van der Waals surface area (Å²) in [7, 11) is 0. The van der Waals surface area contributed by atoms with Gasteiger partial charge in [0, 0.05) is 12.1 Å². The van der Waals surface area contributed by atoms with Crippen LogP contribution in [0.3, 0.4) is 0 Å². The normalized spacial score (nSPS) is 11.9. The Morgan fingerprint density at radius 3 is 2.57 bits per heavy atom. The average Bonchev–Trinajstić information content (AvgIpc) is 2.55. The van der Waals surface area contributed by atoms with Gasteiger partial charge in [0.15, 0.2) is 5.78 Å². The second kappa shape index (κ2) is 10.5. The molecule has 0 aliphatic carbocycles. The molecule has 0 saturated heterocycles. The molecule has 0 N–H and O–H groups in total. The fourth-order valence-corrected chi connectivity index (χ4v) is 1.72. The first-order valence-corrected chi connectivity index (χ1v) is 7.67. The van der Waals surface area contributed by atoms with Gasteiger partial charge in [0.1, 0.15) is 19.0 Å². The Balaban J connectivity index is 2.37. The molecule has 0 heterocycles. The minimum Gasteiger partial charge on any atom is -0.491 e. The smallest absolute Gasteiger partial charge is 0.160 e. The molecule has 0 radical (unpaired) electrons. The van der Waals surface area contributed by atoms with Crippen LogP contribution in [0.5, 0.6) is 5.75 Å². The van der Waals surface area contributed by atoms with Gasteiger partial charge in [-0.15, -0.1) is 0 Å². The second-order valence-electron chi connectivity index (χ2n) is 5.42. The summed E-state index contributed by atoms with van der Waals surface area (Å²) in [5, 5.41) is 0. The number of carbonyl (C=O) groups is 1. The van der Waals surface area contributed by atoms with Crippen molar-refractivity contribution >= 4 is 18.1 Å². The minimum atomic E-state index is 0.0110. The van der Waals surface area contributed by atoms with Gasteiger partial charge in [-0.25, -0.2) is 0 Å². The third-order valence-electron chi connectivity index (χ3n) is 3.23. The van der Waals surface area contributed by atoms with Crippen LogP contribution in [0.2, 0.25) is 0 Å². The van der Waals surface area contributed by atoms with Gasteiger partial charge in [-0.05, 0) is 43.0 Å². The summed E-state index contributed by atoms with van der Waals surface area (Å²) in [4.78, 5) is 15.0. The lowest BCUT2D eigenvalue weighted by atomic mass is 10.1. The number of hydrogen-bond donors (Lipinski definition) is 0. The molecule has 4 heteroatoms. The van der Waals surface area contributed by atoms with Crippen molar-refractivity contribution in [1.82, 2.24) is 0 Å². The largest absolute Gasteiger partial charge is 0.491 e. The molecule has 0 spiro atoms. The minimum absolute atomic E-state index is 0.0110. The molecular formula is C19H25NO3. The van der Waals surface area contributed by atoms with E-state index in [1.165, 1.54) is 0 Å². The van der Waals surface area contributed by atoms with Crippen molar-refractivity contribution < 1.29 is 14.3 Å². The number of ether oxygens (including phenoxy) is 2. The molecule has 1 aromatic carbocycles. The summed E-state index contributed by atoms with van der Waals surface area (Å²) in [5.74, 6) is 0.901. The predicted molar refractivity (Wildman–Crippen MR) is 94.9 cm³/mol. The lowest BCUT2D eigenvalue weighted by Crippen LogP contribution is -2.17. The van der Waals surface area contributed by atoms with E-state index in [0.29, 0.717) is 13.2 Å². The monoisotopic (exact) mass is 315 g/mol. The van der Waals surface area contributed by atoms with Crippen molar-refractivity contribution in [2.24, 2.45) is 10.9 Å². The molecule has 1 rings (SSSR count). The van der Waals surface area contributed by atoms with Crippen molar-refractivity contribution in [3.05, 3.63) is 48.2 Å². The van der Waals surface area contributed by atoms with E-state index in [1.807, 2.05) is 57.2 Å². The lowest BCUT2D eigenvalue weighted by molar-refractivity contribution is -0.126. The highest BCUT2D eigenvalue weighted by Gasteiger charge is 2.06. The summed E-state index contributed by atoms with van der Waals surface area (Å²) >= 11 is 0. The van der Waals surface area contributed by atoms with Gasteiger partial charge in [-0.2, -0.15) is 0 Å². The van der Waals surface area contributed by atoms with Crippen molar-refractivity contribution in [3.8, 4) is 5.75 Å². The maximum absolute atomic E-state index is 11.4. The zero-order valence-corrected chi connectivity index (χ0v) is 14.1. The molecule has 0 atom stereocenters. The predicted octanol–water partition coefficient (Wildman–Crippen LogP) is 3.92. The van der Waals surface area contributed by atoms with E-state index in [1.54, 1.807) is 6.20 Å². The Bertz CT molecular complexity index is 556. The van der Waals surface area contributed by atoms with Crippen molar-refractivity contribution in [2.45, 2.75) is 20.8 Å². The number of rotatable bonds is 10. The number of aliphatic imine (C=N–C) groups is 1. The van der Waals surface area contributed by atoms with Crippen molar-refractivity contribution in [2.75, 3.05) is 19.8 Å². The molecule has 0 amide bonds. The Kier molecular flexibility index (Phi) is 8.62. The second-order valence-corrected chi connectivity index (χ2v) is 5.42. The van der Waals surface area contributed by atoms with E-state index in [0.717, 1.165) is 16.9 Å². The maximum atomic E-state index is 11.4. The highest BCUT2D eigenvalue weighted by Crippen LogP contribution is 2.18. The van der Waals surface area contributed by atoms with Crippen molar-refractivity contribution in [1.29, 1.82) is 0 Å². The molecule has 0 aliphatic rings. The first kappa shape index (κ1) is 18.8. The number of ketones is 1. The Hall–Kier alpha value is -2.20. The lowest BCUT2D eigenvalue weighted by Gasteiger charge is -2.09. The highest BCUT2D eigenvalue weighted by molar-refractivity contribution is 5.81. The summed E-state index contributed by atoms with van der Waals surface area (Å²) < 4.78 is 10.9. The number of nitrogens with zero attached hydrogens (tertiary/aromatic N) is 1. The Morgan fingerprint density at radius 1 is 1.26 bits per heavy atom. The summed E-state index contributed by atoms with van der Waals surface area (Å²) in [5.41, 5.74) is 2.25. The summed E-state index contributed by atoms with van der Waals surface area (Å²) in [6.45, 7) is 10.1. The van der Waals surface area contributed by atoms with Crippen LogP contribution in [-0.4, -0.2) is 32.3 Å². The third-order valence-corrected chi connectivity index (χ3v) is 3.23. The van der Waals surface area contributed by atoms with E-state index in [4.69, 9.17) is 9.47 Å². The highest BCUT2D eigenvalue weighted by atomic mass is 16.5. The molecule has 1 aromatic rings. The van der Waals surface area contributed by atoms with Crippen LogP contribution in [0.15, 0.2) is 47.6 Å². The maximum Gasteiger partial charge on any atom is 0.160 e. The molecule has 124 valence electrons. The zero-order chi connectivity index (χ0) is 17.1. The quantitative estimate of drug-likeness (QED) is 0.373. The van der Waals surface area contributed by atoms with E-state index in [2.05, 4.69) is 11.7 Å². The van der Waals surface area contributed by atoms with Gasteiger partial charge in [-0.1, -0.05) is 32.1 Å². The van der Waals surface area contributed by atoms with Gasteiger partial charge < -0.3 is 9.47 Å². The average molecular weight is 315 g/mol. The molecule has 0 bridgehead atoms. The molecule has 0 saturated carbocycles. The first-order chi connectivity index (χ1) is 11.0. The standard InChI is InChI=1S/C19H25NO3/c1-15(2)19(21)14-22-12-13-23-18-9-7-17(8-10-18)16(3)6-5-11-20-4/h5-11,15H,4,12-14H2,1-3H3/b11-5-,16-6+. The number of hydrogen-bond acceptors (Lipinski definition) is 4. The van der Waals surface area contributed by atoms with Gasteiger partial charge in [0.25, 0.3) is 0 Å². The van der Waals surface area contributed by atoms with Crippen LogP contribution in [0, 0.1) is 5.92 Å². The van der Waals surface area contributed by atoms with Crippen LogP contribution in [0.1, 0.15) is 26.3 Å². The van der Waals surface area contributed by atoms with E-state index in [-0.39, 0.29) is 18.3 Å². The molecule has 0 fully saturated rings. The van der Waals surface area contributed by atoms with E-state index in [9.17, 15) is 4.79 Å². The molecule has 23 heavy (non-hydrogen) atoms. The number of carbonyl (C=O) groups excluding carboxylic acids is 1. The van der Waals surface area contributed by atoms with E-state index < -0.39 is 0 Å². The number of Topliss-reactive ketones (excluding diaryl/α,β-unsaturated/α-hetero) is 1. The fraction of sp³-hybridized carbons (Fsp3) is 0.368. The van der Waals surface area contributed by atoms with E-state index >= 15 is 0 Å². The fourth-order valence-electron chi connectivity index (χ4n) is 1.72. The van der Waals surface area contributed by atoms with Gasteiger partial charge >= 0.3 is 0 Å². The Labute approximate surface area is 138 Å². The zero-order valence-electron chi connectivity index (χ0n) is 14.1. The van der Waals surface area contributed by atoms with Crippen LogP contribution in [0.4, 0.5) is 0 Å². The SMILES string of the molecule is C=N/C=C\C=C(/C)c1ccc(OCCOCC(=O)C(C)C)cc1. The molecular weight excluding hydrogens is 290 g/mol. The van der Waals surface area contributed by atoms with Crippen LogP contribution >= 0.6 is 0 Å². The van der Waals surface area contributed by atoms with Gasteiger partial charge in [0.2, 0.25) is 0 Å². The summed E-state index contributed by atoms with van der Waals surface area (Å²) in [6.07, 6.45) is 5.47. The van der Waals surface area contributed by atoms with Crippen LogP contribution in [-0.2, 0) is 9.53 Å². The van der Waals surface area contributed by atoms with Crippen LogP contribution in [0.25, 0.3) is 5.57 Å². The van der Waals surface area contributed by atoms with Crippen LogP contribution < -0.4 is 4.74 Å². The van der Waals surface area contributed by atoms with Gasteiger partial charge in [-0.3, -0.25) is 9.79 Å². The summed E-state index contributed by atoms with van der Waals surface area (Å²) in [6, 6.07) is 7.84. The van der Waals surface area contributed by atoms with Crippen molar-refractivity contribution in [3.63, 3.8) is 0 Å². The third kappa shape index (κ3) is 7.56.